The lowest BCUT2D eigenvalue weighted by atomic mass is 9.76. The minimum absolute atomic E-state index is 0.0256. The maximum absolute atomic E-state index is 11.6. The number of benzene rings is 2. The fourth-order valence-corrected chi connectivity index (χ4v) is 4.28. The van der Waals surface area contributed by atoms with Crippen molar-refractivity contribution in [1.82, 2.24) is 0 Å². The molecule has 0 bridgehead atoms. The molecule has 4 rings (SSSR count). The molecule has 2 aromatic carbocycles. The van der Waals surface area contributed by atoms with Gasteiger partial charge in [-0.1, -0.05) is 43.3 Å². The van der Waals surface area contributed by atoms with Gasteiger partial charge in [-0.25, -0.2) is 0 Å². The lowest BCUT2D eigenvalue weighted by Gasteiger charge is -2.37. The molecule has 3 atom stereocenters. The Kier molecular flexibility index (Phi) is 4.15. The van der Waals surface area contributed by atoms with Gasteiger partial charge in [0.2, 0.25) is 0 Å². The number of anilines is 1. The number of allylic oxidation sites excluding steroid dienone is 2. The van der Waals surface area contributed by atoms with Crippen molar-refractivity contribution in [3.05, 3.63) is 75.4 Å². The second-order valence-corrected chi connectivity index (χ2v) is 6.90. The highest BCUT2D eigenvalue weighted by Gasteiger charge is 2.42. The molecule has 0 radical (unpaired) electrons. The van der Waals surface area contributed by atoms with E-state index in [0.29, 0.717) is 5.75 Å². The summed E-state index contributed by atoms with van der Waals surface area (Å²) in [5, 5.41) is 15.2. The summed E-state index contributed by atoms with van der Waals surface area (Å²) in [6, 6.07) is 12.0. The second-order valence-electron chi connectivity index (χ2n) is 6.90. The van der Waals surface area contributed by atoms with Crippen LogP contribution in [0, 0.1) is 16.0 Å². The van der Waals surface area contributed by atoms with Crippen LogP contribution < -0.4 is 10.1 Å². The maximum atomic E-state index is 11.6. The van der Waals surface area contributed by atoms with Gasteiger partial charge in [0.05, 0.1) is 29.3 Å². The van der Waals surface area contributed by atoms with E-state index in [1.54, 1.807) is 19.2 Å². The molecule has 5 nitrogen and oxygen atoms in total. The Labute approximate surface area is 152 Å². The molecule has 2 aromatic rings. The van der Waals surface area contributed by atoms with Crippen LogP contribution in [0.2, 0.25) is 0 Å². The molecular weight excluding hydrogens is 328 g/mol. The van der Waals surface area contributed by atoms with Gasteiger partial charge in [-0.05, 0) is 36.0 Å². The van der Waals surface area contributed by atoms with Crippen molar-refractivity contribution < 1.29 is 9.66 Å². The molecule has 0 spiro atoms. The molecule has 5 heteroatoms. The zero-order chi connectivity index (χ0) is 18.3. The Bertz CT molecular complexity index is 874. The lowest BCUT2D eigenvalue weighted by molar-refractivity contribution is -0.385. The standard InChI is InChI=1S/C21H22N2O3/c1-3-13-7-9-14(10-8-13)20-16-6-4-5-15(16)19-17(23(24)25)11-12-18(26-2)21(19)22-20/h4-5,7-12,15-16,20,22H,3,6H2,1-2H3/t15-,16+,20+/m1/s1. The van der Waals surface area contributed by atoms with Crippen LogP contribution in [-0.4, -0.2) is 12.0 Å². The van der Waals surface area contributed by atoms with Crippen LogP contribution >= 0.6 is 0 Å². The first-order valence-corrected chi connectivity index (χ1v) is 9.01. The van der Waals surface area contributed by atoms with Gasteiger partial charge in [0, 0.05) is 12.0 Å². The van der Waals surface area contributed by atoms with E-state index in [-0.39, 0.29) is 28.5 Å². The number of nitro groups is 1. The number of aryl methyl sites for hydroxylation is 1. The van der Waals surface area contributed by atoms with Crippen molar-refractivity contribution in [2.75, 3.05) is 12.4 Å². The SMILES string of the molecule is CCc1ccc([C@@H]2Nc3c(OC)ccc([N+](=O)[O-])c3[C@@H]3C=CC[C@@H]32)cc1. The quantitative estimate of drug-likeness (QED) is 0.479. The van der Waals surface area contributed by atoms with E-state index < -0.39 is 0 Å². The number of hydrogen-bond acceptors (Lipinski definition) is 4. The van der Waals surface area contributed by atoms with Crippen molar-refractivity contribution in [3.8, 4) is 5.75 Å². The highest BCUT2D eigenvalue weighted by Crippen LogP contribution is 2.54. The van der Waals surface area contributed by atoms with E-state index in [1.807, 2.05) is 0 Å². The average molecular weight is 350 g/mol. The van der Waals surface area contributed by atoms with Crippen molar-refractivity contribution in [2.24, 2.45) is 5.92 Å². The summed E-state index contributed by atoms with van der Waals surface area (Å²) in [7, 11) is 1.60. The van der Waals surface area contributed by atoms with Crippen LogP contribution in [0.5, 0.6) is 5.75 Å². The molecule has 0 saturated heterocycles. The first kappa shape index (κ1) is 16.6. The van der Waals surface area contributed by atoms with E-state index >= 15 is 0 Å². The van der Waals surface area contributed by atoms with E-state index in [1.165, 1.54) is 11.1 Å². The molecule has 134 valence electrons. The van der Waals surface area contributed by atoms with Crippen LogP contribution in [0.3, 0.4) is 0 Å². The molecule has 1 heterocycles. The topological polar surface area (TPSA) is 64.4 Å². The zero-order valence-corrected chi connectivity index (χ0v) is 14.9. The first-order chi connectivity index (χ1) is 12.6. The number of nitrogens with one attached hydrogen (secondary N) is 1. The third-order valence-corrected chi connectivity index (χ3v) is 5.62. The van der Waals surface area contributed by atoms with Gasteiger partial charge < -0.3 is 10.1 Å². The van der Waals surface area contributed by atoms with Crippen LogP contribution in [0.15, 0.2) is 48.6 Å². The lowest BCUT2D eigenvalue weighted by Crippen LogP contribution is -2.30. The molecular formula is C21H22N2O3. The summed E-state index contributed by atoms with van der Waals surface area (Å²) in [6.07, 6.45) is 6.17. The number of nitro benzene ring substituents is 1. The Morgan fingerprint density at radius 1 is 1.23 bits per heavy atom. The molecule has 0 saturated carbocycles. The number of nitrogens with zero attached hydrogens (tertiary/aromatic N) is 1. The number of rotatable bonds is 4. The Hall–Kier alpha value is -2.82. The van der Waals surface area contributed by atoms with Crippen molar-refractivity contribution >= 4 is 11.4 Å². The normalized spacial score (nSPS) is 23.1. The summed E-state index contributed by atoms with van der Waals surface area (Å²) in [6.45, 7) is 2.14. The number of fused-ring (bicyclic) bond motifs is 3. The van der Waals surface area contributed by atoms with Gasteiger partial charge in [0.15, 0.2) is 0 Å². The predicted molar refractivity (Wildman–Crippen MR) is 102 cm³/mol. The summed E-state index contributed by atoms with van der Waals surface area (Å²) < 4.78 is 5.51. The van der Waals surface area contributed by atoms with Crippen molar-refractivity contribution in [1.29, 1.82) is 0 Å². The molecule has 0 fully saturated rings. The molecule has 0 aromatic heterocycles. The summed E-state index contributed by atoms with van der Waals surface area (Å²) in [5.41, 5.74) is 4.17. The molecule has 1 aliphatic heterocycles. The van der Waals surface area contributed by atoms with Crippen LogP contribution in [0.4, 0.5) is 11.4 Å². The van der Waals surface area contributed by atoms with Crippen LogP contribution in [0.1, 0.15) is 42.0 Å². The Morgan fingerprint density at radius 3 is 2.65 bits per heavy atom. The molecule has 0 unspecified atom stereocenters. The number of methoxy groups -OCH3 is 1. The van der Waals surface area contributed by atoms with Gasteiger partial charge in [0.1, 0.15) is 5.75 Å². The van der Waals surface area contributed by atoms with Gasteiger partial charge >= 0.3 is 0 Å². The second kappa shape index (κ2) is 6.48. The van der Waals surface area contributed by atoms with Crippen LogP contribution in [-0.2, 0) is 6.42 Å². The van der Waals surface area contributed by atoms with Gasteiger partial charge in [-0.2, -0.15) is 0 Å². The van der Waals surface area contributed by atoms with Gasteiger partial charge in [0.25, 0.3) is 5.69 Å². The zero-order valence-electron chi connectivity index (χ0n) is 14.9. The van der Waals surface area contributed by atoms with Gasteiger partial charge in [-0.3, -0.25) is 10.1 Å². The fourth-order valence-electron chi connectivity index (χ4n) is 4.28. The smallest absolute Gasteiger partial charge is 0.275 e. The molecule has 26 heavy (non-hydrogen) atoms. The summed E-state index contributed by atoms with van der Waals surface area (Å²) in [4.78, 5) is 11.3. The number of ether oxygens (including phenoxy) is 1. The molecule has 1 aliphatic carbocycles. The van der Waals surface area contributed by atoms with Gasteiger partial charge in [-0.15, -0.1) is 0 Å². The van der Waals surface area contributed by atoms with Crippen molar-refractivity contribution in [3.63, 3.8) is 0 Å². The average Bonchev–Trinajstić information content (AvgIpc) is 3.16. The predicted octanol–water partition coefficient (Wildman–Crippen LogP) is 4.99. The monoisotopic (exact) mass is 350 g/mol. The Balaban J connectivity index is 1.84. The minimum Gasteiger partial charge on any atom is -0.495 e. The first-order valence-electron chi connectivity index (χ1n) is 9.01. The third kappa shape index (κ3) is 2.55. The van der Waals surface area contributed by atoms with E-state index in [9.17, 15) is 10.1 Å². The maximum Gasteiger partial charge on any atom is 0.275 e. The summed E-state index contributed by atoms with van der Waals surface area (Å²) in [5.74, 6) is 0.943. The van der Waals surface area contributed by atoms with Crippen molar-refractivity contribution in [2.45, 2.75) is 31.7 Å². The molecule has 1 N–H and O–H groups in total. The largest absolute Gasteiger partial charge is 0.495 e. The summed E-state index contributed by atoms with van der Waals surface area (Å²) >= 11 is 0. The molecule has 0 amide bonds. The molecule has 2 aliphatic rings. The third-order valence-electron chi connectivity index (χ3n) is 5.62. The highest BCUT2D eigenvalue weighted by atomic mass is 16.6. The Morgan fingerprint density at radius 2 is 2.00 bits per heavy atom. The highest BCUT2D eigenvalue weighted by molar-refractivity contribution is 5.73. The van der Waals surface area contributed by atoms with Crippen LogP contribution in [0.25, 0.3) is 0 Å². The van der Waals surface area contributed by atoms with E-state index in [0.717, 1.165) is 24.1 Å². The fraction of sp³-hybridized carbons (Fsp3) is 0.333. The van der Waals surface area contributed by atoms with E-state index in [2.05, 4.69) is 48.7 Å². The minimum atomic E-state index is -0.292. The van der Waals surface area contributed by atoms with E-state index in [4.69, 9.17) is 4.74 Å². The number of hydrogen-bond donors (Lipinski definition) is 1.